The summed E-state index contributed by atoms with van der Waals surface area (Å²) in [5, 5.41) is 12.1. The molecule has 1 aliphatic rings. The third kappa shape index (κ3) is 4.02. The topological polar surface area (TPSA) is 92.2 Å². The molecule has 6 nitrogen and oxygen atoms in total. The fourth-order valence-corrected chi connectivity index (χ4v) is 3.20. The van der Waals surface area contributed by atoms with E-state index in [1.54, 1.807) is 13.1 Å². The van der Waals surface area contributed by atoms with Gasteiger partial charge in [-0.15, -0.1) is 0 Å². The van der Waals surface area contributed by atoms with Crippen LogP contribution in [0, 0.1) is 12.8 Å². The zero-order valence-electron chi connectivity index (χ0n) is 14.1. The Kier molecular flexibility index (Phi) is 5.07. The average Bonchev–Trinajstić information content (AvgIpc) is 2.62. The molecule has 2 N–H and O–H groups in total. The van der Waals surface area contributed by atoms with Crippen molar-refractivity contribution in [2.75, 3.05) is 0 Å². The Morgan fingerprint density at radius 3 is 2.44 bits per heavy atom. The van der Waals surface area contributed by atoms with Crippen LogP contribution in [0.25, 0.3) is 11.3 Å². The van der Waals surface area contributed by atoms with Crippen molar-refractivity contribution in [3.63, 3.8) is 0 Å². The summed E-state index contributed by atoms with van der Waals surface area (Å²) in [7, 11) is 0. The van der Waals surface area contributed by atoms with Crippen molar-refractivity contribution < 1.29 is 14.7 Å². The van der Waals surface area contributed by atoms with Crippen LogP contribution in [0.3, 0.4) is 0 Å². The molecule has 1 fully saturated rings. The summed E-state index contributed by atoms with van der Waals surface area (Å²) in [5.41, 5.74) is 1.93. The van der Waals surface area contributed by atoms with Gasteiger partial charge >= 0.3 is 5.97 Å². The highest BCUT2D eigenvalue weighted by Gasteiger charge is 2.27. The van der Waals surface area contributed by atoms with Crippen molar-refractivity contribution in [3.8, 4) is 11.3 Å². The number of carboxylic acid groups (broad SMARTS) is 1. The minimum Gasteiger partial charge on any atom is -0.481 e. The van der Waals surface area contributed by atoms with Gasteiger partial charge in [0.2, 0.25) is 0 Å². The largest absolute Gasteiger partial charge is 0.481 e. The molecule has 1 aromatic carbocycles. The van der Waals surface area contributed by atoms with Crippen molar-refractivity contribution in [2.45, 2.75) is 38.6 Å². The van der Waals surface area contributed by atoms with Crippen LogP contribution in [0.2, 0.25) is 0 Å². The number of nitrogens with zero attached hydrogens (tertiary/aromatic N) is 2. The van der Waals surface area contributed by atoms with Gasteiger partial charge in [-0.3, -0.25) is 9.59 Å². The van der Waals surface area contributed by atoms with Crippen LogP contribution < -0.4 is 5.32 Å². The third-order valence-corrected chi connectivity index (χ3v) is 4.61. The van der Waals surface area contributed by atoms with E-state index in [9.17, 15) is 9.59 Å². The third-order valence-electron chi connectivity index (χ3n) is 4.61. The molecular weight excluding hydrogens is 318 g/mol. The van der Waals surface area contributed by atoms with E-state index in [2.05, 4.69) is 15.3 Å². The van der Waals surface area contributed by atoms with E-state index in [-0.39, 0.29) is 17.9 Å². The summed E-state index contributed by atoms with van der Waals surface area (Å²) in [6.07, 6.45) is 4.10. The van der Waals surface area contributed by atoms with Crippen molar-refractivity contribution in [1.82, 2.24) is 15.3 Å². The van der Waals surface area contributed by atoms with Gasteiger partial charge in [0, 0.05) is 17.8 Å². The molecule has 6 heteroatoms. The SMILES string of the molecule is Cc1ncc(C(=O)NC2CCC(C(=O)O)CC2)c(-c2ccccc2)n1. The molecule has 0 radical (unpaired) electrons. The average molecular weight is 339 g/mol. The summed E-state index contributed by atoms with van der Waals surface area (Å²) in [5.74, 6) is -0.645. The number of benzene rings is 1. The smallest absolute Gasteiger partial charge is 0.306 e. The second kappa shape index (κ2) is 7.42. The number of carboxylic acids is 1. The lowest BCUT2D eigenvalue weighted by atomic mass is 9.86. The molecule has 0 spiro atoms. The Morgan fingerprint density at radius 2 is 1.80 bits per heavy atom. The van der Waals surface area contributed by atoms with Crippen LogP contribution in [-0.4, -0.2) is 33.0 Å². The maximum absolute atomic E-state index is 12.7. The molecule has 1 saturated carbocycles. The summed E-state index contributed by atoms with van der Waals surface area (Å²) >= 11 is 0. The minimum absolute atomic E-state index is 0.00646. The number of rotatable bonds is 4. The number of aliphatic carboxylic acids is 1. The fraction of sp³-hybridized carbons (Fsp3) is 0.368. The Hall–Kier alpha value is -2.76. The minimum atomic E-state index is -0.747. The Balaban J connectivity index is 1.76. The Morgan fingerprint density at radius 1 is 1.12 bits per heavy atom. The lowest BCUT2D eigenvalue weighted by Crippen LogP contribution is -2.39. The normalized spacial score (nSPS) is 20.0. The van der Waals surface area contributed by atoms with Crippen molar-refractivity contribution in [1.29, 1.82) is 0 Å². The van der Waals surface area contributed by atoms with E-state index in [1.807, 2.05) is 30.3 Å². The van der Waals surface area contributed by atoms with Gasteiger partial charge in [-0.2, -0.15) is 0 Å². The van der Waals surface area contributed by atoms with Gasteiger partial charge in [0.15, 0.2) is 0 Å². The fourth-order valence-electron chi connectivity index (χ4n) is 3.20. The number of hydrogen-bond acceptors (Lipinski definition) is 4. The highest BCUT2D eigenvalue weighted by atomic mass is 16.4. The lowest BCUT2D eigenvalue weighted by molar-refractivity contribution is -0.142. The summed E-state index contributed by atoms with van der Waals surface area (Å²) in [4.78, 5) is 32.4. The predicted molar refractivity (Wildman–Crippen MR) is 93.1 cm³/mol. The van der Waals surface area contributed by atoms with E-state index < -0.39 is 5.97 Å². The van der Waals surface area contributed by atoms with Crippen molar-refractivity contribution >= 4 is 11.9 Å². The molecule has 0 unspecified atom stereocenters. The molecule has 0 aliphatic heterocycles. The van der Waals surface area contributed by atoms with Crippen LogP contribution in [0.5, 0.6) is 0 Å². The lowest BCUT2D eigenvalue weighted by Gasteiger charge is -2.27. The van der Waals surface area contributed by atoms with E-state index in [1.165, 1.54) is 0 Å². The Bertz CT molecular complexity index is 769. The Labute approximate surface area is 146 Å². The second-order valence-corrected chi connectivity index (χ2v) is 6.41. The van der Waals surface area contributed by atoms with Crippen LogP contribution >= 0.6 is 0 Å². The zero-order valence-corrected chi connectivity index (χ0v) is 14.1. The molecule has 0 saturated heterocycles. The highest BCUT2D eigenvalue weighted by Crippen LogP contribution is 2.26. The molecule has 1 heterocycles. The maximum atomic E-state index is 12.7. The number of amides is 1. The predicted octanol–water partition coefficient (Wildman–Crippen LogP) is 2.83. The van der Waals surface area contributed by atoms with Gasteiger partial charge in [-0.1, -0.05) is 30.3 Å². The molecule has 25 heavy (non-hydrogen) atoms. The van der Waals surface area contributed by atoms with E-state index in [0.717, 1.165) is 5.56 Å². The molecule has 2 aromatic rings. The standard InChI is InChI=1S/C19H21N3O3/c1-12-20-11-16(17(21-12)13-5-3-2-4-6-13)18(23)22-15-9-7-14(8-10-15)19(24)25/h2-6,11,14-15H,7-10H2,1H3,(H,22,23)(H,24,25). The summed E-state index contributed by atoms with van der Waals surface area (Å²) in [6, 6.07) is 9.54. The summed E-state index contributed by atoms with van der Waals surface area (Å²) in [6.45, 7) is 1.79. The quantitative estimate of drug-likeness (QED) is 0.893. The first-order chi connectivity index (χ1) is 12.0. The zero-order chi connectivity index (χ0) is 17.8. The first-order valence-electron chi connectivity index (χ1n) is 8.47. The van der Waals surface area contributed by atoms with Crippen LogP contribution in [0.15, 0.2) is 36.5 Å². The molecule has 1 aliphatic carbocycles. The first-order valence-corrected chi connectivity index (χ1v) is 8.47. The number of aryl methyl sites for hydroxylation is 1. The highest BCUT2D eigenvalue weighted by molar-refractivity contribution is 5.99. The molecule has 1 aromatic heterocycles. The number of carbonyl (C=O) groups is 2. The second-order valence-electron chi connectivity index (χ2n) is 6.41. The monoisotopic (exact) mass is 339 g/mol. The van der Waals surface area contributed by atoms with Crippen LogP contribution in [-0.2, 0) is 4.79 Å². The van der Waals surface area contributed by atoms with E-state index in [4.69, 9.17) is 5.11 Å². The molecule has 1 amide bonds. The number of carbonyl (C=O) groups excluding carboxylic acids is 1. The number of aromatic nitrogens is 2. The van der Waals surface area contributed by atoms with Gasteiger partial charge in [0.25, 0.3) is 5.91 Å². The van der Waals surface area contributed by atoms with Gasteiger partial charge in [0.05, 0.1) is 17.2 Å². The number of hydrogen-bond donors (Lipinski definition) is 2. The number of nitrogens with one attached hydrogen (secondary N) is 1. The van der Waals surface area contributed by atoms with Gasteiger partial charge in [-0.25, -0.2) is 9.97 Å². The molecule has 0 bridgehead atoms. The van der Waals surface area contributed by atoms with Gasteiger partial charge in [-0.05, 0) is 32.6 Å². The van der Waals surface area contributed by atoms with Crippen molar-refractivity contribution in [2.24, 2.45) is 5.92 Å². The van der Waals surface area contributed by atoms with E-state index in [0.29, 0.717) is 42.8 Å². The van der Waals surface area contributed by atoms with E-state index >= 15 is 0 Å². The maximum Gasteiger partial charge on any atom is 0.306 e. The first kappa shape index (κ1) is 17.1. The van der Waals surface area contributed by atoms with Gasteiger partial charge in [0.1, 0.15) is 5.82 Å². The molecular formula is C19H21N3O3. The summed E-state index contributed by atoms with van der Waals surface area (Å²) < 4.78 is 0. The molecule has 3 rings (SSSR count). The van der Waals surface area contributed by atoms with Crippen LogP contribution in [0.1, 0.15) is 41.9 Å². The van der Waals surface area contributed by atoms with Gasteiger partial charge < -0.3 is 10.4 Å². The van der Waals surface area contributed by atoms with Crippen molar-refractivity contribution in [3.05, 3.63) is 47.9 Å². The molecule has 0 atom stereocenters. The van der Waals surface area contributed by atoms with Crippen LogP contribution in [0.4, 0.5) is 0 Å². The molecule has 130 valence electrons.